The highest BCUT2D eigenvalue weighted by atomic mass is 32.1. The van der Waals surface area contributed by atoms with Gasteiger partial charge in [-0.25, -0.2) is 0 Å². The number of rotatable bonds is 5. The smallest absolute Gasteiger partial charge is 0.262 e. The summed E-state index contributed by atoms with van der Waals surface area (Å²) in [5, 5.41) is 19.1. The molecule has 1 saturated carbocycles. The number of tetrazole rings is 1. The zero-order chi connectivity index (χ0) is 16.6. The van der Waals surface area contributed by atoms with Crippen molar-refractivity contribution in [2.45, 2.75) is 31.7 Å². The van der Waals surface area contributed by atoms with Gasteiger partial charge in [0.1, 0.15) is 0 Å². The number of benzene rings is 1. The first-order chi connectivity index (χ1) is 11.7. The largest absolute Gasteiger partial charge is 0.342 e. The van der Waals surface area contributed by atoms with Crippen molar-refractivity contribution in [3.63, 3.8) is 0 Å². The van der Waals surface area contributed by atoms with Crippen LogP contribution in [0.4, 0.5) is 0 Å². The van der Waals surface area contributed by atoms with Crippen LogP contribution in [-0.4, -0.2) is 26.5 Å². The third-order valence-corrected chi connectivity index (χ3v) is 5.41. The van der Waals surface area contributed by atoms with Gasteiger partial charge in [0.2, 0.25) is 0 Å². The Morgan fingerprint density at radius 2 is 2.17 bits per heavy atom. The first kappa shape index (κ1) is 15.0. The molecule has 0 bridgehead atoms. The van der Waals surface area contributed by atoms with Crippen LogP contribution in [0.15, 0.2) is 35.7 Å². The van der Waals surface area contributed by atoms with E-state index in [1.807, 2.05) is 23.6 Å². The molecule has 1 aliphatic rings. The molecule has 1 aliphatic carbocycles. The summed E-state index contributed by atoms with van der Waals surface area (Å²) in [5.41, 5.74) is 3.15. The number of aryl methyl sites for hydroxylation is 1. The van der Waals surface area contributed by atoms with E-state index in [2.05, 4.69) is 45.0 Å². The third kappa shape index (κ3) is 2.71. The van der Waals surface area contributed by atoms with E-state index in [-0.39, 0.29) is 11.4 Å². The lowest BCUT2D eigenvalue weighted by Crippen LogP contribution is -2.35. The van der Waals surface area contributed by atoms with Gasteiger partial charge in [-0.05, 0) is 47.9 Å². The number of nitrogens with one attached hydrogen (secondary N) is 2. The van der Waals surface area contributed by atoms with Gasteiger partial charge in [0.15, 0.2) is 5.82 Å². The number of aromatic amines is 1. The molecular formula is C17H17N5OS. The second-order valence-corrected chi connectivity index (χ2v) is 7.05. The summed E-state index contributed by atoms with van der Waals surface area (Å²) < 4.78 is 0. The molecule has 122 valence electrons. The molecule has 0 saturated heterocycles. The minimum Gasteiger partial charge on any atom is -0.342 e. The third-order valence-electron chi connectivity index (χ3n) is 4.45. The van der Waals surface area contributed by atoms with Crippen LogP contribution < -0.4 is 5.32 Å². The van der Waals surface area contributed by atoms with E-state index in [1.54, 1.807) is 0 Å². The number of hydrogen-bond acceptors (Lipinski definition) is 5. The van der Waals surface area contributed by atoms with Gasteiger partial charge in [-0.15, -0.1) is 21.5 Å². The first-order valence-corrected chi connectivity index (χ1v) is 8.73. The van der Waals surface area contributed by atoms with Crippen molar-refractivity contribution in [2.75, 3.05) is 0 Å². The van der Waals surface area contributed by atoms with Crippen LogP contribution in [0.25, 0.3) is 0 Å². The quantitative estimate of drug-likeness (QED) is 0.748. The number of aromatic nitrogens is 4. The summed E-state index contributed by atoms with van der Waals surface area (Å²) in [7, 11) is 0. The van der Waals surface area contributed by atoms with Crippen LogP contribution in [0.1, 0.15) is 45.0 Å². The molecule has 0 radical (unpaired) electrons. The molecule has 24 heavy (non-hydrogen) atoms. The second-order valence-electron chi connectivity index (χ2n) is 6.13. The lowest BCUT2D eigenvalue weighted by molar-refractivity contribution is 0.0934. The van der Waals surface area contributed by atoms with Crippen molar-refractivity contribution >= 4 is 17.2 Å². The lowest BCUT2D eigenvalue weighted by atomic mass is 9.99. The summed E-state index contributed by atoms with van der Waals surface area (Å²) in [6.45, 7) is 2.09. The van der Waals surface area contributed by atoms with Gasteiger partial charge in [0, 0.05) is 6.42 Å². The van der Waals surface area contributed by atoms with Crippen LogP contribution in [0, 0.1) is 6.92 Å². The van der Waals surface area contributed by atoms with Crippen molar-refractivity contribution < 1.29 is 4.79 Å². The van der Waals surface area contributed by atoms with E-state index < -0.39 is 0 Å². The highest BCUT2D eigenvalue weighted by Gasteiger charge is 2.46. The molecule has 1 aromatic carbocycles. The number of carbonyl (C=O) groups excluding carboxylic acids is 1. The van der Waals surface area contributed by atoms with E-state index in [0.29, 0.717) is 12.2 Å². The molecule has 6 nitrogen and oxygen atoms in total. The van der Waals surface area contributed by atoms with Gasteiger partial charge < -0.3 is 5.32 Å². The number of carbonyl (C=O) groups is 1. The van der Waals surface area contributed by atoms with Crippen LogP contribution in [-0.2, 0) is 12.0 Å². The fourth-order valence-electron chi connectivity index (χ4n) is 3.07. The zero-order valence-electron chi connectivity index (χ0n) is 13.2. The van der Waals surface area contributed by atoms with Gasteiger partial charge in [-0.3, -0.25) is 4.79 Å². The minimum absolute atomic E-state index is 0.0238. The molecule has 0 spiro atoms. The highest BCUT2D eigenvalue weighted by molar-refractivity contribution is 7.12. The Hall–Kier alpha value is -2.54. The molecule has 1 amide bonds. The maximum absolute atomic E-state index is 12.8. The number of H-pyrrole nitrogens is 1. The molecular weight excluding hydrogens is 322 g/mol. The van der Waals surface area contributed by atoms with E-state index in [1.165, 1.54) is 22.5 Å². The Morgan fingerprint density at radius 1 is 1.33 bits per heavy atom. The van der Waals surface area contributed by atoms with E-state index in [4.69, 9.17) is 0 Å². The number of amides is 1. The van der Waals surface area contributed by atoms with Gasteiger partial charge in [-0.2, -0.15) is 5.21 Å². The van der Waals surface area contributed by atoms with Crippen molar-refractivity contribution in [3.8, 4) is 0 Å². The molecule has 2 aromatic heterocycles. The Labute approximate surface area is 143 Å². The molecule has 3 aromatic rings. The maximum Gasteiger partial charge on any atom is 0.262 e. The van der Waals surface area contributed by atoms with Crippen molar-refractivity contribution in [1.82, 2.24) is 25.9 Å². The lowest BCUT2D eigenvalue weighted by Gasteiger charge is -2.20. The predicted octanol–water partition coefficient (Wildman–Crippen LogP) is 2.58. The molecule has 2 heterocycles. The van der Waals surface area contributed by atoms with E-state index in [9.17, 15) is 4.79 Å². The second kappa shape index (κ2) is 5.83. The average molecular weight is 339 g/mol. The summed E-state index contributed by atoms with van der Waals surface area (Å²) in [6.07, 6.45) is 2.46. The van der Waals surface area contributed by atoms with Crippen LogP contribution in [0.2, 0.25) is 0 Å². The van der Waals surface area contributed by atoms with Crippen LogP contribution in [0.5, 0.6) is 0 Å². The summed E-state index contributed by atoms with van der Waals surface area (Å²) in [6, 6.07) is 10.2. The van der Waals surface area contributed by atoms with E-state index in [0.717, 1.165) is 23.3 Å². The fourth-order valence-corrected chi connectivity index (χ4v) is 3.89. The molecule has 0 atom stereocenters. The van der Waals surface area contributed by atoms with Crippen molar-refractivity contribution in [2.24, 2.45) is 0 Å². The van der Waals surface area contributed by atoms with E-state index >= 15 is 0 Å². The Balaban J connectivity index is 1.55. The SMILES string of the molecule is Cc1ccccc1C1(NC(=O)c2sccc2Cc2nn[nH]n2)CC1. The summed E-state index contributed by atoms with van der Waals surface area (Å²) in [4.78, 5) is 13.6. The predicted molar refractivity (Wildman–Crippen MR) is 90.9 cm³/mol. The number of hydrogen-bond donors (Lipinski definition) is 2. The fraction of sp³-hybridized carbons (Fsp3) is 0.294. The topological polar surface area (TPSA) is 83.6 Å². The van der Waals surface area contributed by atoms with Crippen molar-refractivity contribution in [1.29, 1.82) is 0 Å². The van der Waals surface area contributed by atoms with Gasteiger partial charge in [0.05, 0.1) is 10.4 Å². The molecule has 7 heteroatoms. The monoisotopic (exact) mass is 339 g/mol. The Morgan fingerprint density at radius 3 is 2.88 bits per heavy atom. The van der Waals surface area contributed by atoms with Crippen molar-refractivity contribution in [3.05, 3.63) is 63.1 Å². The highest BCUT2D eigenvalue weighted by Crippen LogP contribution is 2.47. The molecule has 2 N–H and O–H groups in total. The normalized spacial score (nSPS) is 15.2. The Kier molecular flexibility index (Phi) is 3.65. The molecule has 0 unspecified atom stereocenters. The zero-order valence-corrected chi connectivity index (χ0v) is 14.1. The number of thiophene rings is 1. The maximum atomic E-state index is 12.8. The van der Waals surface area contributed by atoms with Crippen LogP contribution in [0.3, 0.4) is 0 Å². The standard InChI is InChI=1S/C17H17N5OS/c1-11-4-2-3-5-13(11)17(7-8-17)18-16(23)15-12(6-9-24-15)10-14-19-21-22-20-14/h2-6,9H,7-8,10H2,1H3,(H,18,23)(H,19,20,21,22). The van der Waals surface area contributed by atoms with Gasteiger partial charge in [-0.1, -0.05) is 29.5 Å². The molecule has 0 aliphatic heterocycles. The van der Waals surface area contributed by atoms with Gasteiger partial charge in [0.25, 0.3) is 5.91 Å². The molecule has 1 fully saturated rings. The van der Waals surface area contributed by atoms with Crippen LogP contribution >= 0.6 is 11.3 Å². The first-order valence-electron chi connectivity index (χ1n) is 7.85. The minimum atomic E-state index is -0.212. The molecule has 4 rings (SSSR count). The number of nitrogens with zero attached hydrogens (tertiary/aromatic N) is 3. The summed E-state index contributed by atoms with van der Waals surface area (Å²) >= 11 is 1.45. The van der Waals surface area contributed by atoms with Gasteiger partial charge >= 0.3 is 0 Å². The Bertz CT molecular complexity index is 867. The summed E-state index contributed by atoms with van der Waals surface area (Å²) in [5.74, 6) is 0.562. The average Bonchev–Trinajstić information content (AvgIpc) is 3.00.